The van der Waals surface area contributed by atoms with Gasteiger partial charge in [0.25, 0.3) is 0 Å². The van der Waals surface area contributed by atoms with Crippen LogP contribution in [0.4, 0.5) is 0 Å². The van der Waals surface area contributed by atoms with Crippen molar-refractivity contribution in [1.29, 1.82) is 0 Å². The molecule has 0 saturated carbocycles. The third-order valence-electron chi connectivity index (χ3n) is 4.37. The number of carboxylic acids is 1. The number of carbonyl (C=O) groups is 1. The summed E-state index contributed by atoms with van der Waals surface area (Å²) in [7, 11) is 0. The highest BCUT2D eigenvalue weighted by molar-refractivity contribution is 9.10. The third-order valence-corrected chi connectivity index (χ3v) is 6.00. The maximum absolute atomic E-state index is 11.4. The Kier molecular flexibility index (Phi) is 5.19. The van der Waals surface area contributed by atoms with Crippen LogP contribution in [0.25, 0.3) is 0 Å². The Labute approximate surface area is 149 Å². The molecular formula is C18H20BrNO2S. The first kappa shape index (κ1) is 16.7. The Morgan fingerprint density at radius 2 is 2.13 bits per heavy atom. The number of carboxylic acid groups (broad SMARTS) is 1. The number of rotatable bonds is 4. The monoisotopic (exact) mass is 393 g/mol. The molecule has 2 heterocycles. The Morgan fingerprint density at radius 1 is 1.39 bits per heavy atom. The molecule has 0 spiro atoms. The van der Waals surface area contributed by atoms with Crippen molar-refractivity contribution in [3.63, 3.8) is 0 Å². The fourth-order valence-electron chi connectivity index (χ4n) is 3.24. The van der Waals surface area contributed by atoms with Crippen LogP contribution in [0.5, 0.6) is 0 Å². The van der Waals surface area contributed by atoms with Crippen molar-refractivity contribution in [3.8, 4) is 0 Å². The largest absolute Gasteiger partial charge is 0.481 e. The van der Waals surface area contributed by atoms with Crippen LogP contribution >= 0.6 is 27.3 Å². The molecule has 1 aromatic heterocycles. The second-order valence-electron chi connectivity index (χ2n) is 6.15. The highest BCUT2D eigenvalue weighted by Gasteiger charge is 2.31. The summed E-state index contributed by atoms with van der Waals surface area (Å²) in [6, 6.07) is 10.7. The van der Waals surface area contributed by atoms with E-state index in [1.54, 1.807) is 11.3 Å². The summed E-state index contributed by atoms with van der Waals surface area (Å²) < 4.78 is 1.06. The standard InChI is InChI=1S/C18H20BrNO2S/c1-12-9-16(23-11-12)17(13-4-6-15(19)7-5-13)20-8-2-3-14(10-20)18(21)22/h4-7,9,11,14,17H,2-3,8,10H2,1H3,(H,21,22). The van der Waals surface area contributed by atoms with Gasteiger partial charge in [-0.2, -0.15) is 0 Å². The number of benzene rings is 1. The number of halogens is 1. The van der Waals surface area contributed by atoms with Gasteiger partial charge in [0, 0.05) is 15.9 Å². The zero-order valence-corrected chi connectivity index (χ0v) is 15.4. The van der Waals surface area contributed by atoms with Crippen LogP contribution in [0, 0.1) is 12.8 Å². The molecule has 1 fully saturated rings. The number of hydrogen-bond acceptors (Lipinski definition) is 3. The van der Waals surface area contributed by atoms with Gasteiger partial charge in [-0.3, -0.25) is 9.69 Å². The minimum Gasteiger partial charge on any atom is -0.481 e. The van der Waals surface area contributed by atoms with Gasteiger partial charge in [0.1, 0.15) is 0 Å². The predicted octanol–water partition coefficient (Wildman–Crippen LogP) is 4.71. The second kappa shape index (κ2) is 7.16. The highest BCUT2D eigenvalue weighted by Crippen LogP contribution is 2.36. The summed E-state index contributed by atoms with van der Waals surface area (Å²) in [4.78, 5) is 15.0. The van der Waals surface area contributed by atoms with Crippen molar-refractivity contribution >= 4 is 33.2 Å². The number of thiophene rings is 1. The second-order valence-corrected chi connectivity index (χ2v) is 8.01. The summed E-state index contributed by atoms with van der Waals surface area (Å²) in [5, 5.41) is 11.6. The average molecular weight is 394 g/mol. The number of piperidine rings is 1. The molecule has 3 nitrogen and oxygen atoms in total. The molecule has 3 rings (SSSR count). The zero-order chi connectivity index (χ0) is 16.4. The first-order valence-electron chi connectivity index (χ1n) is 7.82. The molecule has 0 radical (unpaired) electrons. The van der Waals surface area contributed by atoms with Crippen LogP contribution in [0.1, 0.15) is 34.9 Å². The van der Waals surface area contributed by atoms with E-state index in [4.69, 9.17) is 0 Å². The van der Waals surface area contributed by atoms with Crippen molar-refractivity contribution in [2.75, 3.05) is 13.1 Å². The summed E-state index contributed by atoms with van der Waals surface area (Å²) >= 11 is 5.25. The molecule has 2 aromatic rings. The molecule has 0 bridgehead atoms. The Morgan fingerprint density at radius 3 is 2.74 bits per heavy atom. The SMILES string of the molecule is Cc1csc(C(c2ccc(Br)cc2)N2CCCC(C(=O)O)C2)c1. The molecule has 1 N–H and O–H groups in total. The Balaban J connectivity index is 1.94. The topological polar surface area (TPSA) is 40.5 Å². The fourth-order valence-corrected chi connectivity index (χ4v) is 4.56. The van der Waals surface area contributed by atoms with Crippen molar-refractivity contribution in [3.05, 3.63) is 56.2 Å². The van der Waals surface area contributed by atoms with Crippen LogP contribution in [-0.2, 0) is 4.79 Å². The van der Waals surface area contributed by atoms with Gasteiger partial charge < -0.3 is 5.11 Å². The summed E-state index contributed by atoms with van der Waals surface area (Å²) in [6.45, 7) is 3.67. The third kappa shape index (κ3) is 3.84. The van der Waals surface area contributed by atoms with E-state index >= 15 is 0 Å². The lowest BCUT2D eigenvalue weighted by Crippen LogP contribution is -2.41. The molecule has 0 amide bonds. The number of hydrogen-bond donors (Lipinski definition) is 1. The minimum atomic E-state index is -0.674. The molecule has 1 saturated heterocycles. The lowest BCUT2D eigenvalue weighted by atomic mass is 9.94. The van der Waals surface area contributed by atoms with Crippen LogP contribution in [0.3, 0.4) is 0 Å². The van der Waals surface area contributed by atoms with Crippen LogP contribution in [0.15, 0.2) is 40.2 Å². The maximum Gasteiger partial charge on any atom is 0.307 e. The van der Waals surface area contributed by atoms with E-state index < -0.39 is 5.97 Å². The van der Waals surface area contributed by atoms with Gasteiger partial charge in [-0.05, 0) is 61.0 Å². The minimum absolute atomic E-state index is 0.143. The lowest BCUT2D eigenvalue weighted by Gasteiger charge is -2.37. The molecule has 1 aliphatic rings. The van der Waals surface area contributed by atoms with Crippen LogP contribution in [-0.4, -0.2) is 29.1 Å². The number of likely N-dealkylation sites (tertiary alicyclic amines) is 1. The lowest BCUT2D eigenvalue weighted by molar-refractivity contribution is -0.143. The number of aliphatic carboxylic acids is 1. The zero-order valence-electron chi connectivity index (χ0n) is 13.0. The van der Waals surface area contributed by atoms with E-state index in [2.05, 4.69) is 63.5 Å². The molecule has 2 unspecified atom stereocenters. The van der Waals surface area contributed by atoms with Gasteiger partial charge in [-0.1, -0.05) is 28.1 Å². The van der Waals surface area contributed by atoms with E-state index in [0.29, 0.717) is 6.54 Å². The smallest absolute Gasteiger partial charge is 0.307 e. The molecular weight excluding hydrogens is 374 g/mol. The molecule has 122 valence electrons. The summed E-state index contributed by atoms with van der Waals surface area (Å²) in [6.07, 6.45) is 1.72. The molecule has 1 aromatic carbocycles. The van der Waals surface area contributed by atoms with Crippen molar-refractivity contribution in [1.82, 2.24) is 4.90 Å². The molecule has 2 atom stereocenters. The van der Waals surface area contributed by atoms with Gasteiger partial charge in [-0.25, -0.2) is 0 Å². The van der Waals surface area contributed by atoms with E-state index in [-0.39, 0.29) is 12.0 Å². The van der Waals surface area contributed by atoms with Crippen molar-refractivity contribution in [2.45, 2.75) is 25.8 Å². The molecule has 5 heteroatoms. The van der Waals surface area contributed by atoms with Gasteiger partial charge in [0.2, 0.25) is 0 Å². The average Bonchev–Trinajstić information content (AvgIpc) is 2.96. The molecule has 0 aliphatic carbocycles. The maximum atomic E-state index is 11.4. The van der Waals surface area contributed by atoms with E-state index in [1.165, 1.54) is 16.0 Å². The van der Waals surface area contributed by atoms with Crippen molar-refractivity contribution in [2.24, 2.45) is 5.92 Å². The van der Waals surface area contributed by atoms with E-state index in [9.17, 15) is 9.90 Å². The normalized spacial score (nSPS) is 20.3. The quantitative estimate of drug-likeness (QED) is 0.817. The van der Waals surface area contributed by atoms with Gasteiger partial charge >= 0.3 is 5.97 Å². The first-order chi connectivity index (χ1) is 11.0. The van der Waals surface area contributed by atoms with Gasteiger partial charge in [0.15, 0.2) is 0 Å². The number of aryl methyl sites for hydroxylation is 1. The Bertz CT molecular complexity index is 683. The van der Waals surface area contributed by atoms with Crippen LogP contribution in [0.2, 0.25) is 0 Å². The fraction of sp³-hybridized carbons (Fsp3) is 0.389. The summed E-state index contributed by atoms with van der Waals surface area (Å²) in [5.41, 5.74) is 2.49. The van der Waals surface area contributed by atoms with E-state index in [0.717, 1.165) is 23.9 Å². The first-order valence-corrected chi connectivity index (χ1v) is 9.49. The van der Waals surface area contributed by atoms with E-state index in [1.807, 2.05) is 0 Å². The van der Waals surface area contributed by atoms with Crippen molar-refractivity contribution < 1.29 is 9.90 Å². The Hall–Kier alpha value is -1.17. The predicted molar refractivity (Wildman–Crippen MR) is 97.0 cm³/mol. The molecule has 23 heavy (non-hydrogen) atoms. The van der Waals surface area contributed by atoms with Crippen LogP contribution < -0.4 is 0 Å². The number of nitrogens with zero attached hydrogens (tertiary/aromatic N) is 1. The highest BCUT2D eigenvalue weighted by atomic mass is 79.9. The summed E-state index contributed by atoms with van der Waals surface area (Å²) in [5.74, 6) is -0.936. The van der Waals surface area contributed by atoms with Gasteiger partial charge in [0.05, 0.1) is 12.0 Å². The molecule has 1 aliphatic heterocycles. The van der Waals surface area contributed by atoms with Gasteiger partial charge in [-0.15, -0.1) is 11.3 Å².